The second-order valence-corrected chi connectivity index (χ2v) is 10.2. The minimum atomic E-state index is -4.02. The van der Waals surface area contributed by atoms with Crippen LogP contribution in [0.4, 0.5) is 18.0 Å². The molecule has 2 amide bonds. The monoisotopic (exact) mass is 484 g/mol. The second-order valence-electron chi connectivity index (χ2n) is 8.14. The summed E-state index contributed by atoms with van der Waals surface area (Å²) in [4.78, 5) is 18.1. The van der Waals surface area contributed by atoms with E-state index in [0.717, 1.165) is 17.0 Å². The Hall–Kier alpha value is -2.86. The van der Waals surface area contributed by atoms with Gasteiger partial charge in [0.2, 0.25) is 15.9 Å². The molecule has 0 spiro atoms. The number of alkyl halides is 2. The van der Waals surface area contributed by atoms with Crippen molar-refractivity contribution in [2.75, 3.05) is 12.3 Å². The first-order valence-corrected chi connectivity index (χ1v) is 12.0. The molecule has 8 nitrogen and oxygen atoms in total. The molecule has 0 saturated carbocycles. The predicted molar refractivity (Wildman–Crippen MR) is 113 cm³/mol. The van der Waals surface area contributed by atoms with Gasteiger partial charge < -0.3 is 15.0 Å². The maximum atomic E-state index is 15.0. The molecule has 4 rings (SSSR count). The van der Waals surface area contributed by atoms with Gasteiger partial charge in [-0.25, -0.2) is 36.1 Å². The lowest BCUT2D eigenvalue weighted by molar-refractivity contribution is -0.00454. The molecule has 2 atom stereocenters. The number of halogens is 3. The summed E-state index contributed by atoms with van der Waals surface area (Å²) in [6, 6.07) is 3.15. The average Bonchev–Trinajstić information content (AvgIpc) is 2.97. The smallest absolute Gasteiger partial charge is 0.318 e. The normalized spacial score (nSPS) is 22.3. The number of aromatic nitrogens is 1. The summed E-state index contributed by atoms with van der Waals surface area (Å²) in [5.41, 5.74) is 1.35. The third-order valence-corrected chi connectivity index (χ3v) is 7.06. The van der Waals surface area contributed by atoms with Crippen molar-refractivity contribution in [2.24, 2.45) is 0 Å². The van der Waals surface area contributed by atoms with Crippen LogP contribution in [0.25, 0.3) is 0 Å². The number of rotatable bonds is 3. The SMILES string of the molecule is CCS(=O)(=O)N[C@@H]1[C@@H]2Cc3cc(F)cc(c3)Oc3nc(ccc3C)CNC(=O)N2CC1(F)F. The number of urea groups is 1. The highest BCUT2D eigenvalue weighted by Crippen LogP contribution is 2.36. The number of fused-ring (bicyclic) bond motifs is 5. The van der Waals surface area contributed by atoms with Crippen molar-refractivity contribution in [3.63, 3.8) is 0 Å². The summed E-state index contributed by atoms with van der Waals surface area (Å²) in [7, 11) is -4.02. The van der Waals surface area contributed by atoms with Gasteiger partial charge >= 0.3 is 6.03 Å². The molecular weight excluding hydrogens is 461 g/mol. The molecule has 2 N–H and O–H groups in total. The van der Waals surface area contributed by atoms with Crippen LogP contribution in [0.15, 0.2) is 30.3 Å². The molecule has 33 heavy (non-hydrogen) atoms. The van der Waals surface area contributed by atoms with Crippen LogP contribution in [0.5, 0.6) is 11.6 Å². The van der Waals surface area contributed by atoms with Crippen LogP contribution >= 0.6 is 0 Å². The third kappa shape index (κ3) is 4.91. The summed E-state index contributed by atoms with van der Waals surface area (Å²) in [6.07, 6.45) is -0.224. The molecule has 178 valence electrons. The quantitative estimate of drug-likeness (QED) is 0.698. The van der Waals surface area contributed by atoms with Crippen molar-refractivity contribution in [1.29, 1.82) is 0 Å². The number of benzene rings is 1. The van der Waals surface area contributed by atoms with Crippen LogP contribution in [-0.2, 0) is 23.0 Å². The number of ether oxygens (including phenoxy) is 1. The Balaban J connectivity index is 1.80. The van der Waals surface area contributed by atoms with Crippen LogP contribution in [-0.4, -0.2) is 54.6 Å². The van der Waals surface area contributed by atoms with E-state index in [-0.39, 0.29) is 30.2 Å². The van der Waals surface area contributed by atoms with Gasteiger partial charge in [-0.2, -0.15) is 0 Å². The Kier molecular flexibility index (Phi) is 5.99. The lowest BCUT2D eigenvalue weighted by Gasteiger charge is -2.28. The number of carbonyl (C=O) groups is 1. The van der Waals surface area contributed by atoms with Gasteiger partial charge in [0.1, 0.15) is 17.6 Å². The lowest BCUT2D eigenvalue weighted by atomic mass is 9.99. The highest BCUT2D eigenvalue weighted by molar-refractivity contribution is 7.89. The highest BCUT2D eigenvalue weighted by Gasteiger charge is 2.57. The number of amides is 2. The van der Waals surface area contributed by atoms with Gasteiger partial charge in [-0.1, -0.05) is 6.07 Å². The minimum absolute atomic E-state index is 0.0679. The summed E-state index contributed by atoms with van der Waals surface area (Å²) >= 11 is 0. The largest absolute Gasteiger partial charge is 0.439 e. The van der Waals surface area contributed by atoms with Crippen LogP contribution in [0, 0.1) is 12.7 Å². The Morgan fingerprint density at radius 2 is 2.06 bits per heavy atom. The molecule has 0 radical (unpaired) electrons. The van der Waals surface area contributed by atoms with Gasteiger partial charge in [0.25, 0.3) is 5.92 Å². The van der Waals surface area contributed by atoms with Crippen molar-refractivity contribution in [2.45, 2.75) is 44.8 Å². The first kappa shape index (κ1) is 23.3. The maximum Gasteiger partial charge on any atom is 0.318 e. The summed E-state index contributed by atoms with van der Waals surface area (Å²) < 4.78 is 76.3. The van der Waals surface area contributed by atoms with Crippen molar-refractivity contribution in [1.82, 2.24) is 19.9 Å². The van der Waals surface area contributed by atoms with Gasteiger partial charge in [0.05, 0.1) is 30.6 Å². The van der Waals surface area contributed by atoms with E-state index in [2.05, 4.69) is 10.3 Å². The number of carbonyl (C=O) groups excluding carboxylic acids is 1. The van der Waals surface area contributed by atoms with E-state index in [9.17, 15) is 26.4 Å². The molecule has 3 heterocycles. The molecule has 1 fully saturated rings. The fraction of sp³-hybridized carbons (Fsp3) is 0.429. The van der Waals surface area contributed by atoms with E-state index in [4.69, 9.17) is 4.74 Å². The summed E-state index contributed by atoms with van der Waals surface area (Å²) in [6.45, 7) is 2.02. The molecule has 4 bridgehead atoms. The number of hydrogen-bond acceptors (Lipinski definition) is 5. The van der Waals surface area contributed by atoms with Crippen LogP contribution in [0.3, 0.4) is 0 Å². The molecule has 1 aromatic carbocycles. The molecular formula is C21H23F3N4O4S. The van der Waals surface area contributed by atoms with Gasteiger partial charge in [0.15, 0.2) is 0 Å². The summed E-state index contributed by atoms with van der Waals surface area (Å²) in [5.74, 6) is -4.28. The molecule has 2 aromatic rings. The van der Waals surface area contributed by atoms with E-state index < -0.39 is 52.2 Å². The minimum Gasteiger partial charge on any atom is -0.439 e. The fourth-order valence-electron chi connectivity index (χ4n) is 3.96. The van der Waals surface area contributed by atoms with Crippen molar-refractivity contribution >= 4 is 16.1 Å². The van der Waals surface area contributed by atoms with E-state index >= 15 is 0 Å². The van der Waals surface area contributed by atoms with E-state index in [0.29, 0.717) is 11.3 Å². The van der Waals surface area contributed by atoms with Crippen LogP contribution in [0.2, 0.25) is 0 Å². The number of aryl methyl sites for hydroxylation is 1. The van der Waals surface area contributed by atoms with E-state index in [1.54, 1.807) is 19.1 Å². The fourth-order valence-corrected chi connectivity index (χ4v) is 4.85. The van der Waals surface area contributed by atoms with Gasteiger partial charge in [-0.3, -0.25) is 0 Å². The van der Waals surface area contributed by atoms with Gasteiger partial charge in [-0.15, -0.1) is 0 Å². The average molecular weight is 485 g/mol. The number of hydrogen-bond donors (Lipinski definition) is 2. The first-order chi connectivity index (χ1) is 15.5. The molecule has 1 aromatic heterocycles. The lowest BCUT2D eigenvalue weighted by Crippen LogP contribution is -2.53. The zero-order chi connectivity index (χ0) is 24.0. The van der Waals surface area contributed by atoms with Crippen molar-refractivity contribution in [3.8, 4) is 11.6 Å². The predicted octanol–water partition coefficient (Wildman–Crippen LogP) is 2.71. The summed E-state index contributed by atoms with van der Waals surface area (Å²) in [5, 5.41) is 2.56. The molecule has 0 aliphatic carbocycles. The van der Waals surface area contributed by atoms with Gasteiger partial charge in [-0.05, 0) is 44.0 Å². The van der Waals surface area contributed by atoms with Crippen LogP contribution < -0.4 is 14.8 Å². The molecule has 2 aliphatic rings. The molecule has 1 saturated heterocycles. The number of nitrogens with one attached hydrogen (secondary N) is 2. The Morgan fingerprint density at radius 1 is 1.30 bits per heavy atom. The number of sulfonamides is 1. The molecule has 2 aliphatic heterocycles. The number of pyridine rings is 1. The molecule has 12 heteroatoms. The van der Waals surface area contributed by atoms with E-state index in [1.807, 2.05) is 4.72 Å². The number of nitrogens with zero attached hydrogens (tertiary/aromatic N) is 2. The zero-order valence-corrected chi connectivity index (χ0v) is 18.8. The Morgan fingerprint density at radius 3 is 2.79 bits per heavy atom. The standard InChI is InChI=1S/C21H23F3N4O4S/c1-3-33(30,31)27-18-17-8-13-6-14(22)9-16(7-13)32-19-12(2)4-5-15(26-19)10-25-20(29)28(17)11-21(18,23)24/h4-7,9,17-18,27H,3,8,10-11H2,1-2H3,(H,25,29)/t17-,18+/m0/s1. The second kappa shape index (κ2) is 8.49. The third-order valence-electron chi connectivity index (χ3n) is 5.69. The van der Waals surface area contributed by atoms with Gasteiger partial charge in [0, 0.05) is 11.6 Å². The highest BCUT2D eigenvalue weighted by atomic mass is 32.2. The Bertz CT molecular complexity index is 1190. The van der Waals surface area contributed by atoms with Crippen molar-refractivity contribution in [3.05, 3.63) is 53.0 Å². The zero-order valence-electron chi connectivity index (χ0n) is 17.9. The van der Waals surface area contributed by atoms with Crippen LogP contribution in [0.1, 0.15) is 23.7 Å². The first-order valence-electron chi connectivity index (χ1n) is 10.3. The topological polar surface area (TPSA) is 101 Å². The van der Waals surface area contributed by atoms with Crippen molar-refractivity contribution < 1.29 is 31.1 Å². The molecule has 0 unspecified atom stereocenters. The van der Waals surface area contributed by atoms with E-state index in [1.165, 1.54) is 13.0 Å². The Labute approximate surface area is 189 Å². The maximum absolute atomic E-state index is 15.0.